The molecule has 0 unspecified atom stereocenters. The van der Waals surface area contributed by atoms with E-state index in [2.05, 4.69) is 15.6 Å². The number of nitrogens with one attached hydrogen (secondary N) is 2. The standard InChI is InChI=1S/C24H22N4O2/c1-16-7-5-9-18(13-16)15-25-23(29)21-20-11-3-4-12-28(20)22(27-21)24(30)26-19-10-6-8-17(2)14-19/h3-14H,15H2,1-2H3,(H,25,29)(H,26,30). The zero-order valence-corrected chi connectivity index (χ0v) is 16.8. The van der Waals surface area contributed by atoms with Crippen molar-refractivity contribution in [3.8, 4) is 0 Å². The number of fused-ring (bicyclic) bond motifs is 1. The molecule has 0 bridgehead atoms. The zero-order chi connectivity index (χ0) is 21.1. The Hall–Kier alpha value is -3.93. The van der Waals surface area contributed by atoms with Crippen LogP contribution in [0.3, 0.4) is 0 Å². The molecule has 0 aliphatic rings. The highest BCUT2D eigenvalue weighted by atomic mass is 16.2. The summed E-state index contributed by atoms with van der Waals surface area (Å²) in [5.41, 5.74) is 4.65. The summed E-state index contributed by atoms with van der Waals surface area (Å²) in [7, 11) is 0. The molecule has 6 heteroatoms. The van der Waals surface area contributed by atoms with Gasteiger partial charge in [0.25, 0.3) is 11.8 Å². The number of aryl methyl sites for hydroxylation is 2. The van der Waals surface area contributed by atoms with Gasteiger partial charge in [-0.1, -0.05) is 48.0 Å². The molecule has 2 N–H and O–H groups in total. The molecule has 0 saturated heterocycles. The minimum Gasteiger partial charge on any atom is -0.347 e. The van der Waals surface area contributed by atoms with Gasteiger partial charge in [0.2, 0.25) is 5.82 Å². The Labute approximate surface area is 174 Å². The second kappa shape index (κ2) is 8.21. The number of benzene rings is 2. The van der Waals surface area contributed by atoms with E-state index < -0.39 is 0 Å². The number of carbonyl (C=O) groups is 2. The van der Waals surface area contributed by atoms with Crippen molar-refractivity contribution in [1.82, 2.24) is 14.7 Å². The van der Waals surface area contributed by atoms with E-state index in [1.165, 1.54) is 0 Å². The van der Waals surface area contributed by atoms with Gasteiger partial charge in [0.05, 0.1) is 5.52 Å². The molecule has 150 valence electrons. The van der Waals surface area contributed by atoms with Gasteiger partial charge in [-0.05, 0) is 49.2 Å². The van der Waals surface area contributed by atoms with Gasteiger partial charge in [0.15, 0.2) is 5.69 Å². The number of hydrogen-bond donors (Lipinski definition) is 2. The SMILES string of the molecule is Cc1cccc(CNC(=O)c2nc(C(=O)Nc3cccc(C)c3)n3ccccc23)c1. The van der Waals surface area contributed by atoms with Crippen molar-refractivity contribution in [2.45, 2.75) is 20.4 Å². The second-order valence-corrected chi connectivity index (χ2v) is 7.24. The van der Waals surface area contributed by atoms with Crippen molar-refractivity contribution in [1.29, 1.82) is 0 Å². The number of hydrogen-bond acceptors (Lipinski definition) is 3. The third kappa shape index (κ3) is 4.07. The molecular weight excluding hydrogens is 376 g/mol. The van der Waals surface area contributed by atoms with Crippen LogP contribution in [0.15, 0.2) is 72.9 Å². The van der Waals surface area contributed by atoms with Crippen LogP contribution in [-0.4, -0.2) is 21.2 Å². The summed E-state index contributed by atoms with van der Waals surface area (Å²) < 4.78 is 1.63. The minimum absolute atomic E-state index is 0.160. The van der Waals surface area contributed by atoms with Crippen molar-refractivity contribution < 1.29 is 9.59 Å². The van der Waals surface area contributed by atoms with E-state index in [-0.39, 0.29) is 23.3 Å². The molecule has 0 fully saturated rings. The van der Waals surface area contributed by atoms with Crippen LogP contribution in [0, 0.1) is 13.8 Å². The van der Waals surface area contributed by atoms with E-state index in [0.717, 1.165) is 16.7 Å². The summed E-state index contributed by atoms with van der Waals surface area (Å²) in [4.78, 5) is 30.1. The molecule has 6 nitrogen and oxygen atoms in total. The van der Waals surface area contributed by atoms with Crippen LogP contribution in [0.25, 0.3) is 5.52 Å². The molecule has 2 heterocycles. The van der Waals surface area contributed by atoms with Gasteiger partial charge in [0, 0.05) is 18.4 Å². The van der Waals surface area contributed by atoms with Crippen LogP contribution in [0.1, 0.15) is 37.8 Å². The Morgan fingerprint density at radius 3 is 2.43 bits per heavy atom. The molecule has 0 saturated carbocycles. The van der Waals surface area contributed by atoms with Crippen molar-refractivity contribution in [3.05, 3.63) is 101 Å². The number of rotatable bonds is 5. The normalized spacial score (nSPS) is 10.7. The van der Waals surface area contributed by atoms with E-state index >= 15 is 0 Å². The summed E-state index contributed by atoms with van der Waals surface area (Å²) in [6, 6.07) is 20.9. The molecule has 0 aliphatic carbocycles. The van der Waals surface area contributed by atoms with Crippen LogP contribution < -0.4 is 10.6 Å². The van der Waals surface area contributed by atoms with Gasteiger partial charge in [-0.25, -0.2) is 4.98 Å². The third-order valence-electron chi connectivity index (χ3n) is 4.78. The lowest BCUT2D eigenvalue weighted by Gasteiger charge is -2.05. The maximum Gasteiger partial charge on any atom is 0.292 e. The van der Waals surface area contributed by atoms with Gasteiger partial charge in [-0.15, -0.1) is 0 Å². The minimum atomic E-state index is -0.375. The Morgan fingerprint density at radius 1 is 0.900 bits per heavy atom. The van der Waals surface area contributed by atoms with Gasteiger partial charge in [0.1, 0.15) is 0 Å². The van der Waals surface area contributed by atoms with Crippen molar-refractivity contribution in [2.24, 2.45) is 0 Å². The highest BCUT2D eigenvalue weighted by Crippen LogP contribution is 2.16. The van der Waals surface area contributed by atoms with E-state index in [4.69, 9.17) is 0 Å². The highest BCUT2D eigenvalue weighted by Gasteiger charge is 2.21. The average Bonchev–Trinajstić information content (AvgIpc) is 3.12. The molecule has 4 rings (SSSR count). The molecule has 30 heavy (non-hydrogen) atoms. The smallest absolute Gasteiger partial charge is 0.292 e. The Bertz CT molecular complexity index is 1240. The van der Waals surface area contributed by atoms with Crippen LogP contribution in [0.5, 0.6) is 0 Å². The predicted molar refractivity (Wildman–Crippen MR) is 117 cm³/mol. The largest absolute Gasteiger partial charge is 0.347 e. The second-order valence-electron chi connectivity index (χ2n) is 7.24. The highest BCUT2D eigenvalue weighted by molar-refractivity contribution is 6.06. The number of amides is 2. The van der Waals surface area contributed by atoms with Gasteiger partial charge < -0.3 is 10.6 Å². The summed E-state index contributed by atoms with van der Waals surface area (Å²) in [5.74, 6) is -0.540. The first-order chi connectivity index (χ1) is 14.5. The first-order valence-corrected chi connectivity index (χ1v) is 9.70. The van der Waals surface area contributed by atoms with E-state index in [1.807, 2.05) is 68.4 Å². The summed E-state index contributed by atoms with van der Waals surface area (Å²) in [5, 5.41) is 5.75. The topological polar surface area (TPSA) is 75.5 Å². The van der Waals surface area contributed by atoms with Gasteiger partial charge in [-0.2, -0.15) is 0 Å². The zero-order valence-electron chi connectivity index (χ0n) is 16.8. The molecule has 0 aliphatic heterocycles. The van der Waals surface area contributed by atoms with Crippen molar-refractivity contribution >= 4 is 23.0 Å². The first-order valence-electron chi connectivity index (χ1n) is 9.70. The van der Waals surface area contributed by atoms with Crippen LogP contribution in [0.4, 0.5) is 5.69 Å². The van der Waals surface area contributed by atoms with Gasteiger partial charge >= 0.3 is 0 Å². The van der Waals surface area contributed by atoms with E-state index in [9.17, 15) is 9.59 Å². The average molecular weight is 398 g/mol. The Balaban J connectivity index is 1.60. The monoisotopic (exact) mass is 398 g/mol. The molecule has 0 spiro atoms. The number of aromatic nitrogens is 2. The van der Waals surface area contributed by atoms with Crippen LogP contribution >= 0.6 is 0 Å². The number of carbonyl (C=O) groups excluding carboxylic acids is 2. The lowest BCUT2D eigenvalue weighted by atomic mass is 10.1. The van der Waals surface area contributed by atoms with Crippen molar-refractivity contribution in [2.75, 3.05) is 5.32 Å². The maximum absolute atomic E-state index is 12.9. The van der Waals surface area contributed by atoms with Crippen molar-refractivity contribution in [3.63, 3.8) is 0 Å². The molecular formula is C24H22N4O2. The van der Waals surface area contributed by atoms with Gasteiger partial charge in [-0.3, -0.25) is 14.0 Å². The molecule has 0 atom stereocenters. The number of imidazole rings is 1. The molecule has 2 amide bonds. The van der Waals surface area contributed by atoms with Crippen LogP contribution in [0.2, 0.25) is 0 Å². The number of nitrogens with zero attached hydrogens (tertiary/aromatic N) is 2. The van der Waals surface area contributed by atoms with E-state index in [1.54, 1.807) is 22.7 Å². The molecule has 0 radical (unpaired) electrons. The summed E-state index contributed by atoms with van der Waals surface area (Å²) >= 11 is 0. The fourth-order valence-corrected chi connectivity index (χ4v) is 3.36. The Morgan fingerprint density at radius 2 is 1.67 bits per heavy atom. The predicted octanol–water partition coefficient (Wildman–Crippen LogP) is 4.13. The number of anilines is 1. The number of pyridine rings is 1. The Kier molecular flexibility index (Phi) is 5.30. The lowest BCUT2D eigenvalue weighted by molar-refractivity contribution is 0.0948. The van der Waals surface area contributed by atoms with Crippen LogP contribution in [-0.2, 0) is 6.54 Å². The fourth-order valence-electron chi connectivity index (χ4n) is 3.36. The van der Waals surface area contributed by atoms with E-state index in [0.29, 0.717) is 17.7 Å². The molecule has 4 aromatic rings. The lowest BCUT2D eigenvalue weighted by Crippen LogP contribution is -2.23. The quantitative estimate of drug-likeness (QED) is 0.531. The summed E-state index contributed by atoms with van der Waals surface area (Å²) in [6.07, 6.45) is 1.73. The molecule has 2 aromatic carbocycles. The third-order valence-corrected chi connectivity index (χ3v) is 4.78. The maximum atomic E-state index is 12.9. The summed E-state index contributed by atoms with van der Waals surface area (Å²) in [6.45, 7) is 4.35. The first kappa shape index (κ1) is 19.4. The fraction of sp³-hybridized carbons (Fsp3) is 0.125. The molecule has 2 aromatic heterocycles.